The zero-order chi connectivity index (χ0) is 12.3. The van der Waals surface area contributed by atoms with Crippen molar-refractivity contribution in [2.24, 2.45) is 11.8 Å². The van der Waals surface area contributed by atoms with E-state index in [-0.39, 0.29) is 5.82 Å². The molecule has 2 heteroatoms. The first-order valence-electron chi connectivity index (χ1n) is 6.71. The van der Waals surface area contributed by atoms with Crippen molar-refractivity contribution in [1.29, 1.82) is 0 Å². The van der Waals surface area contributed by atoms with Gasteiger partial charge < -0.3 is 5.32 Å². The Kier molecular flexibility index (Phi) is 4.16. The smallest absolute Gasteiger partial charge is 0.123 e. The van der Waals surface area contributed by atoms with Crippen LogP contribution in [0.2, 0.25) is 0 Å². The molecule has 1 aliphatic carbocycles. The van der Waals surface area contributed by atoms with Gasteiger partial charge in [-0.2, -0.15) is 0 Å². The number of benzene rings is 1. The van der Waals surface area contributed by atoms with E-state index in [1.807, 2.05) is 12.1 Å². The maximum Gasteiger partial charge on any atom is 0.123 e. The summed E-state index contributed by atoms with van der Waals surface area (Å²) in [4.78, 5) is 0. The zero-order valence-electron chi connectivity index (χ0n) is 10.7. The molecule has 0 heterocycles. The molecule has 0 saturated heterocycles. The van der Waals surface area contributed by atoms with Crippen LogP contribution in [0.25, 0.3) is 0 Å². The van der Waals surface area contributed by atoms with Crippen LogP contribution in [0.15, 0.2) is 24.3 Å². The summed E-state index contributed by atoms with van der Waals surface area (Å²) in [5, 5.41) is 3.57. The quantitative estimate of drug-likeness (QED) is 0.788. The molecule has 0 radical (unpaired) electrons. The van der Waals surface area contributed by atoms with Crippen molar-refractivity contribution in [3.63, 3.8) is 0 Å². The van der Waals surface area contributed by atoms with Gasteiger partial charge in [-0.3, -0.25) is 0 Å². The van der Waals surface area contributed by atoms with Gasteiger partial charge in [0, 0.05) is 6.04 Å². The Labute approximate surface area is 103 Å². The third-order valence-electron chi connectivity index (χ3n) is 3.71. The van der Waals surface area contributed by atoms with Crippen molar-refractivity contribution in [2.75, 3.05) is 6.54 Å². The Morgan fingerprint density at radius 1 is 1.41 bits per heavy atom. The van der Waals surface area contributed by atoms with Crippen molar-refractivity contribution >= 4 is 0 Å². The highest BCUT2D eigenvalue weighted by Crippen LogP contribution is 2.42. The Balaban J connectivity index is 2.13. The molecule has 1 fully saturated rings. The second-order valence-electron chi connectivity index (χ2n) is 5.18. The Morgan fingerprint density at radius 2 is 2.18 bits per heavy atom. The summed E-state index contributed by atoms with van der Waals surface area (Å²) < 4.78 is 13.3. The fraction of sp³-hybridized carbons (Fsp3) is 0.600. The van der Waals surface area contributed by atoms with Gasteiger partial charge in [0.2, 0.25) is 0 Å². The fourth-order valence-corrected chi connectivity index (χ4v) is 2.50. The molecule has 0 aliphatic heterocycles. The van der Waals surface area contributed by atoms with Crippen molar-refractivity contribution in [1.82, 2.24) is 5.32 Å². The van der Waals surface area contributed by atoms with Crippen LogP contribution in [0.5, 0.6) is 0 Å². The number of nitrogens with one attached hydrogen (secondary N) is 1. The van der Waals surface area contributed by atoms with Gasteiger partial charge in [-0.15, -0.1) is 0 Å². The first-order chi connectivity index (χ1) is 8.22. The molecule has 1 aliphatic rings. The third kappa shape index (κ3) is 3.29. The van der Waals surface area contributed by atoms with Crippen LogP contribution in [0.1, 0.15) is 44.7 Å². The van der Waals surface area contributed by atoms with Crippen LogP contribution in [0.3, 0.4) is 0 Å². The molecule has 1 saturated carbocycles. The van der Waals surface area contributed by atoms with Crippen molar-refractivity contribution in [3.8, 4) is 0 Å². The van der Waals surface area contributed by atoms with Crippen LogP contribution in [-0.2, 0) is 0 Å². The highest BCUT2D eigenvalue weighted by Gasteiger charge is 2.33. The molecular formula is C15H22FN. The lowest BCUT2D eigenvalue weighted by Crippen LogP contribution is -2.28. The second kappa shape index (κ2) is 5.63. The first-order valence-corrected chi connectivity index (χ1v) is 6.71. The van der Waals surface area contributed by atoms with Crippen molar-refractivity contribution in [3.05, 3.63) is 35.6 Å². The van der Waals surface area contributed by atoms with Crippen LogP contribution in [-0.4, -0.2) is 6.54 Å². The van der Waals surface area contributed by atoms with E-state index in [1.165, 1.54) is 18.9 Å². The third-order valence-corrected chi connectivity index (χ3v) is 3.71. The van der Waals surface area contributed by atoms with Crippen LogP contribution >= 0.6 is 0 Å². The van der Waals surface area contributed by atoms with Crippen LogP contribution in [0, 0.1) is 17.7 Å². The van der Waals surface area contributed by atoms with E-state index in [4.69, 9.17) is 0 Å². The SMILES string of the molecule is CCCNC(c1cccc(F)c1)C(C)C1CC1. The number of hydrogen-bond acceptors (Lipinski definition) is 1. The largest absolute Gasteiger partial charge is 0.310 e. The Morgan fingerprint density at radius 3 is 2.76 bits per heavy atom. The lowest BCUT2D eigenvalue weighted by molar-refractivity contribution is 0.349. The van der Waals surface area contributed by atoms with Gasteiger partial charge in [0.05, 0.1) is 0 Å². The van der Waals surface area contributed by atoms with E-state index in [9.17, 15) is 4.39 Å². The molecule has 0 amide bonds. The summed E-state index contributed by atoms with van der Waals surface area (Å²) in [6, 6.07) is 7.34. The molecule has 2 unspecified atom stereocenters. The van der Waals surface area contributed by atoms with Crippen molar-refractivity contribution in [2.45, 2.75) is 39.2 Å². The highest BCUT2D eigenvalue weighted by atomic mass is 19.1. The van der Waals surface area contributed by atoms with Gasteiger partial charge in [-0.05, 0) is 55.3 Å². The molecule has 1 aromatic carbocycles. The average Bonchev–Trinajstić information content (AvgIpc) is 3.13. The predicted octanol–water partition coefficient (Wildman–Crippen LogP) is 3.91. The number of rotatable bonds is 6. The van der Waals surface area contributed by atoms with Gasteiger partial charge in [0.1, 0.15) is 5.82 Å². The normalized spacial score (nSPS) is 19.0. The molecule has 2 atom stereocenters. The molecule has 2 rings (SSSR count). The van der Waals surface area contributed by atoms with E-state index in [0.29, 0.717) is 12.0 Å². The summed E-state index contributed by atoms with van der Waals surface area (Å²) in [5.41, 5.74) is 1.10. The number of halogens is 1. The molecule has 94 valence electrons. The number of hydrogen-bond donors (Lipinski definition) is 1. The van der Waals surface area contributed by atoms with E-state index in [1.54, 1.807) is 6.07 Å². The Hall–Kier alpha value is -0.890. The van der Waals surface area contributed by atoms with Crippen molar-refractivity contribution < 1.29 is 4.39 Å². The fourth-order valence-electron chi connectivity index (χ4n) is 2.50. The summed E-state index contributed by atoms with van der Waals surface area (Å²) >= 11 is 0. The monoisotopic (exact) mass is 235 g/mol. The molecule has 17 heavy (non-hydrogen) atoms. The van der Waals surface area contributed by atoms with Gasteiger partial charge in [0.25, 0.3) is 0 Å². The van der Waals surface area contributed by atoms with Crippen LogP contribution in [0.4, 0.5) is 4.39 Å². The molecular weight excluding hydrogens is 213 g/mol. The van der Waals surface area contributed by atoms with E-state index in [2.05, 4.69) is 19.2 Å². The van der Waals surface area contributed by atoms with Gasteiger partial charge in [-0.1, -0.05) is 26.0 Å². The predicted molar refractivity (Wildman–Crippen MR) is 69.3 cm³/mol. The molecule has 0 aromatic heterocycles. The molecule has 1 aromatic rings. The maximum absolute atomic E-state index is 13.3. The van der Waals surface area contributed by atoms with Gasteiger partial charge >= 0.3 is 0 Å². The minimum absolute atomic E-state index is 0.131. The topological polar surface area (TPSA) is 12.0 Å². The summed E-state index contributed by atoms with van der Waals surface area (Å²) in [6.45, 7) is 5.45. The molecule has 1 nitrogen and oxygen atoms in total. The minimum Gasteiger partial charge on any atom is -0.310 e. The first kappa shape index (κ1) is 12.6. The standard InChI is InChI=1S/C15H22FN/c1-3-9-17-15(11(2)12-7-8-12)13-5-4-6-14(16)10-13/h4-6,10-12,15,17H,3,7-9H2,1-2H3. The zero-order valence-corrected chi connectivity index (χ0v) is 10.7. The average molecular weight is 235 g/mol. The van der Waals surface area contributed by atoms with Gasteiger partial charge in [0.15, 0.2) is 0 Å². The van der Waals surface area contributed by atoms with E-state index >= 15 is 0 Å². The van der Waals surface area contributed by atoms with Gasteiger partial charge in [-0.25, -0.2) is 4.39 Å². The molecule has 0 bridgehead atoms. The van der Waals surface area contributed by atoms with E-state index < -0.39 is 0 Å². The summed E-state index contributed by atoms with van der Waals surface area (Å²) in [5.74, 6) is 1.30. The molecule has 1 N–H and O–H groups in total. The van der Waals surface area contributed by atoms with E-state index in [0.717, 1.165) is 24.4 Å². The lowest BCUT2D eigenvalue weighted by Gasteiger charge is -2.25. The van der Waals surface area contributed by atoms with Crippen LogP contribution < -0.4 is 5.32 Å². The second-order valence-corrected chi connectivity index (χ2v) is 5.18. The minimum atomic E-state index is -0.131. The Bertz CT molecular complexity index is 360. The summed E-state index contributed by atoms with van der Waals surface area (Å²) in [7, 11) is 0. The lowest BCUT2D eigenvalue weighted by atomic mass is 9.90. The highest BCUT2D eigenvalue weighted by molar-refractivity contribution is 5.21. The maximum atomic E-state index is 13.3. The molecule has 0 spiro atoms. The summed E-state index contributed by atoms with van der Waals surface area (Å²) in [6.07, 6.45) is 3.78.